The number of carbonyl (C=O) groups is 1. The summed E-state index contributed by atoms with van der Waals surface area (Å²) in [5.74, 6) is -1.24. The third kappa shape index (κ3) is 2.16. The summed E-state index contributed by atoms with van der Waals surface area (Å²) in [5.41, 5.74) is 2.51. The zero-order chi connectivity index (χ0) is 12.6. The van der Waals surface area contributed by atoms with E-state index in [1.807, 2.05) is 5.32 Å². The smallest absolute Gasteiger partial charge is 0.310 e. The molecule has 0 saturated carbocycles. The Bertz CT molecular complexity index is 396. The highest BCUT2D eigenvalue weighted by Crippen LogP contribution is 2.29. The fourth-order valence-electron chi connectivity index (χ4n) is 0.845. The van der Waals surface area contributed by atoms with E-state index >= 15 is 0 Å². The van der Waals surface area contributed by atoms with Crippen molar-refractivity contribution in [1.29, 1.82) is 0 Å². The van der Waals surface area contributed by atoms with E-state index in [9.17, 15) is 18.0 Å². The van der Waals surface area contributed by atoms with Crippen LogP contribution in [-0.2, 0) is 4.79 Å². The molecule has 0 aliphatic carbocycles. The number of hydrogen-bond acceptors (Lipinski definition) is 3. The molecule has 1 atom stereocenters. The lowest BCUT2D eigenvalue weighted by Crippen LogP contribution is -2.59. The van der Waals surface area contributed by atoms with Crippen molar-refractivity contribution < 1.29 is 18.0 Å². The van der Waals surface area contributed by atoms with Crippen molar-refractivity contribution in [2.24, 2.45) is 5.73 Å². The first-order valence-electron chi connectivity index (χ1n) is 4.33. The lowest BCUT2D eigenvalue weighted by molar-refractivity contribution is -0.184. The van der Waals surface area contributed by atoms with Crippen LogP contribution in [0.2, 0.25) is 0 Å². The third-order valence-electron chi connectivity index (χ3n) is 2.13. The predicted molar refractivity (Wildman–Crippen MR) is 50.6 cm³/mol. The van der Waals surface area contributed by atoms with Gasteiger partial charge < -0.3 is 11.1 Å². The molecule has 1 unspecified atom stereocenters. The molecule has 1 aromatic heterocycles. The summed E-state index contributed by atoms with van der Waals surface area (Å²) >= 11 is 0. The molecule has 0 aromatic carbocycles. The standard InChI is InChI=1S/C8H11F3N4O/c1-4-3-13-15-5(4)14-6(16)7(2,12)8(9,10)11/h3H,12H2,1-2H3,(H2,13,14,15,16). The van der Waals surface area contributed by atoms with E-state index < -0.39 is 17.6 Å². The van der Waals surface area contributed by atoms with Gasteiger partial charge in [0, 0.05) is 5.56 Å². The molecule has 90 valence electrons. The van der Waals surface area contributed by atoms with Gasteiger partial charge in [0.1, 0.15) is 5.82 Å². The van der Waals surface area contributed by atoms with Gasteiger partial charge in [0.15, 0.2) is 5.54 Å². The van der Waals surface area contributed by atoms with Crippen LogP contribution in [0.15, 0.2) is 6.20 Å². The molecule has 1 rings (SSSR count). The van der Waals surface area contributed by atoms with Gasteiger partial charge in [0.25, 0.3) is 5.91 Å². The largest absolute Gasteiger partial charge is 0.415 e. The van der Waals surface area contributed by atoms with Gasteiger partial charge in [-0.25, -0.2) is 0 Å². The van der Waals surface area contributed by atoms with Crippen LogP contribution in [0.25, 0.3) is 0 Å². The lowest BCUT2D eigenvalue weighted by Gasteiger charge is -2.25. The van der Waals surface area contributed by atoms with Crippen LogP contribution in [0.4, 0.5) is 19.0 Å². The Labute approximate surface area is 89.2 Å². The van der Waals surface area contributed by atoms with Gasteiger partial charge in [-0.15, -0.1) is 0 Å². The number of nitrogens with zero attached hydrogens (tertiary/aromatic N) is 1. The Morgan fingerprint density at radius 3 is 2.50 bits per heavy atom. The normalized spacial score (nSPS) is 15.6. The number of H-pyrrole nitrogens is 1. The molecule has 16 heavy (non-hydrogen) atoms. The van der Waals surface area contributed by atoms with Crippen molar-refractivity contribution in [3.8, 4) is 0 Å². The molecule has 0 spiro atoms. The van der Waals surface area contributed by atoms with E-state index in [2.05, 4.69) is 10.2 Å². The lowest BCUT2D eigenvalue weighted by atomic mass is 10.0. The van der Waals surface area contributed by atoms with Gasteiger partial charge in [0.2, 0.25) is 0 Å². The number of rotatable bonds is 2. The molecule has 0 radical (unpaired) electrons. The van der Waals surface area contributed by atoms with E-state index in [0.717, 1.165) is 0 Å². The molecule has 1 heterocycles. The van der Waals surface area contributed by atoms with Crippen LogP contribution < -0.4 is 11.1 Å². The molecule has 0 aliphatic heterocycles. The van der Waals surface area contributed by atoms with Crippen molar-refractivity contribution in [2.45, 2.75) is 25.6 Å². The molecule has 1 aromatic rings. The van der Waals surface area contributed by atoms with Crippen molar-refractivity contribution in [1.82, 2.24) is 10.2 Å². The Morgan fingerprint density at radius 2 is 2.12 bits per heavy atom. The number of nitrogens with one attached hydrogen (secondary N) is 2. The summed E-state index contributed by atoms with van der Waals surface area (Å²) in [7, 11) is 0. The average molecular weight is 236 g/mol. The number of aromatic amines is 1. The first-order chi connectivity index (χ1) is 7.16. The SMILES string of the molecule is Cc1cn[nH]c1NC(=O)C(C)(N)C(F)(F)F. The van der Waals surface area contributed by atoms with Crippen molar-refractivity contribution in [2.75, 3.05) is 5.32 Å². The minimum Gasteiger partial charge on any atom is -0.310 e. The highest BCUT2D eigenvalue weighted by molar-refractivity contribution is 5.98. The molecular formula is C8H11F3N4O. The Balaban J connectivity index is 2.85. The van der Waals surface area contributed by atoms with Gasteiger partial charge in [0.05, 0.1) is 6.20 Å². The summed E-state index contributed by atoms with van der Waals surface area (Å²) < 4.78 is 37.2. The number of alkyl halides is 3. The van der Waals surface area contributed by atoms with Crippen LogP contribution in [0, 0.1) is 6.92 Å². The molecule has 4 N–H and O–H groups in total. The maximum Gasteiger partial charge on any atom is 0.415 e. The van der Waals surface area contributed by atoms with E-state index in [0.29, 0.717) is 12.5 Å². The van der Waals surface area contributed by atoms with Crippen LogP contribution in [-0.4, -0.2) is 27.8 Å². The second kappa shape index (κ2) is 3.78. The van der Waals surface area contributed by atoms with E-state index in [-0.39, 0.29) is 5.82 Å². The molecule has 5 nitrogen and oxygen atoms in total. The van der Waals surface area contributed by atoms with Crippen LogP contribution in [0.5, 0.6) is 0 Å². The monoisotopic (exact) mass is 236 g/mol. The van der Waals surface area contributed by atoms with Gasteiger partial charge in [-0.1, -0.05) is 0 Å². The predicted octanol–water partition coefficient (Wildman–Crippen LogP) is 0.936. The number of halogens is 3. The van der Waals surface area contributed by atoms with Crippen LogP contribution >= 0.6 is 0 Å². The number of hydrogen-bond donors (Lipinski definition) is 3. The topological polar surface area (TPSA) is 83.8 Å². The summed E-state index contributed by atoms with van der Waals surface area (Å²) in [4.78, 5) is 11.3. The highest BCUT2D eigenvalue weighted by atomic mass is 19.4. The van der Waals surface area contributed by atoms with Crippen molar-refractivity contribution in [3.63, 3.8) is 0 Å². The summed E-state index contributed by atoms with van der Waals surface area (Å²) in [5, 5.41) is 7.95. The summed E-state index contributed by atoms with van der Waals surface area (Å²) in [6.07, 6.45) is -3.44. The van der Waals surface area contributed by atoms with E-state index in [1.54, 1.807) is 6.92 Å². The Kier molecular flexibility index (Phi) is 2.95. The molecule has 0 bridgehead atoms. The Hall–Kier alpha value is -1.57. The minimum absolute atomic E-state index is 0.103. The molecule has 0 saturated heterocycles. The number of carbonyl (C=O) groups excluding carboxylic acids is 1. The van der Waals surface area contributed by atoms with E-state index in [4.69, 9.17) is 5.73 Å². The number of aromatic nitrogens is 2. The van der Waals surface area contributed by atoms with Gasteiger partial charge >= 0.3 is 6.18 Å². The third-order valence-corrected chi connectivity index (χ3v) is 2.13. The first-order valence-corrected chi connectivity index (χ1v) is 4.33. The molecule has 0 aliphatic rings. The van der Waals surface area contributed by atoms with Crippen LogP contribution in [0.3, 0.4) is 0 Å². The molecular weight excluding hydrogens is 225 g/mol. The fraction of sp³-hybridized carbons (Fsp3) is 0.500. The minimum atomic E-state index is -4.81. The van der Waals surface area contributed by atoms with E-state index in [1.165, 1.54) is 6.20 Å². The van der Waals surface area contributed by atoms with Crippen LogP contribution in [0.1, 0.15) is 12.5 Å². The second-order valence-corrected chi connectivity index (χ2v) is 3.58. The Morgan fingerprint density at radius 1 is 1.56 bits per heavy atom. The van der Waals surface area contributed by atoms with Gasteiger partial charge in [-0.3, -0.25) is 9.89 Å². The van der Waals surface area contributed by atoms with Gasteiger partial charge in [-0.2, -0.15) is 18.3 Å². The van der Waals surface area contributed by atoms with Gasteiger partial charge in [-0.05, 0) is 13.8 Å². The summed E-state index contributed by atoms with van der Waals surface area (Å²) in [6.45, 7) is 2.19. The maximum atomic E-state index is 12.4. The van der Waals surface area contributed by atoms with Crippen molar-refractivity contribution in [3.05, 3.63) is 11.8 Å². The molecule has 0 fully saturated rings. The average Bonchev–Trinajstić information content (AvgIpc) is 2.49. The first kappa shape index (κ1) is 12.5. The second-order valence-electron chi connectivity index (χ2n) is 3.58. The maximum absolute atomic E-state index is 12.4. The fourth-order valence-corrected chi connectivity index (χ4v) is 0.845. The number of aryl methyl sites for hydroxylation is 1. The number of anilines is 1. The molecule has 8 heteroatoms. The number of amides is 1. The summed E-state index contributed by atoms with van der Waals surface area (Å²) in [6, 6.07) is 0. The zero-order valence-electron chi connectivity index (χ0n) is 8.64. The molecule has 1 amide bonds. The zero-order valence-corrected chi connectivity index (χ0v) is 8.64. The highest BCUT2D eigenvalue weighted by Gasteiger charge is 2.54. The van der Waals surface area contributed by atoms with Crippen molar-refractivity contribution >= 4 is 11.7 Å². The quantitative estimate of drug-likeness (QED) is 0.714. The number of nitrogens with two attached hydrogens (primary N) is 1.